The van der Waals surface area contributed by atoms with Crippen molar-refractivity contribution in [3.05, 3.63) is 0 Å². The van der Waals surface area contributed by atoms with Crippen LogP contribution in [0.15, 0.2) is 0 Å². The molecule has 2 fully saturated rings. The number of carboxylic acid groups (broad SMARTS) is 4. The van der Waals surface area contributed by atoms with Crippen LogP contribution in [0.5, 0.6) is 0 Å². The van der Waals surface area contributed by atoms with Gasteiger partial charge in [-0.15, -0.1) is 0 Å². The zero-order valence-electron chi connectivity index (χ0n) is 17.6. The second-order valence-electron chi connectivity index (χ2n) is 9.07. The fourth-order valence-electron chi connectivity index (χ4n) is 5.99. The van der Waals surface area contributed by atoms with E-state index in [0.29, 0.717) is 12.8 Å². The van der Waals surface area contributed by atoms with E-state index in [9.17, 15) is 39.6 Å². The van der Waals surface area contributed by atoms with Crippen LogP contribution in [0.1, 0.15) is 77.6 Å². The van der Waals surface area contributed by atoms with Gasteiger partial charge in [-0.3, -0.25) is 19.2 Å². The largest absolute Gasteiger partial charge is 0.481 e. The number of unbranched alkanes of at least 4 members (excludes halogenated alkanes) is 7. The topological polar surface area (TPSA) is 149 Å². The van der Waals surface area contributed by atoms with Crippen LogP contribution in [0, 0.1) is 35.0 Å². The van der Waals surface area contributed by atoms with Crippen LogP contribution < -0.4 is 0 Å². The third kappa shape index (κ3) is 4.78. The Bertz CT molecular complexity index is 648. The first kappa shape index (κ1) is 24.2. The first-order chi connectivity index (χ1) is 14.2. The third-order valence-electron chi connectivity index (χ3n) is 7.43. The molecule has 4 N–H and O–H groups in total. The van der Waals surface area contributed by atoms with Gasteiger partial charge in [0.25, 0.3) is 0 Å². The van der Waals surface area contributed by atoms with Crippen molar-refractivity contribution in [3.8, 4) is 0 Å². The molecule has 0 bridgehead atoms. The van der Waals surface area contributed by atoms with Gasteiger partial charge in [-0.25, -0.2) is 0 Å². The molecule has 0 aliphatic heterocycles. The second-order valence-corrected chi connectivity index (χ2v) is 9.07. The average molecular weight is 427 g/mol. The molecule has 2 saturated carbocycles. The van der Waals surface area contributed by atoms with Crippen molar-refractivity contribution in [1.82, 2.24) is 0 Å². The molecule has 0 radical (unpaired) electrons. The lowest BCUT2D eigenvalue weighted by molar-refractivity contribution is -0.218. The summed E-state index contributed by atoms with van der Waals surface area (Å²) in [5, 5.41) is 38.4. The Balaban J connectivity index is 2.13. The molecule has 0 spiro atoms. The van der Waals surface area contributed by atoms with E-state index in [1.54, 1.807) is 0 Å². The molecule has 0 aromatic carbocycles. The van der Waals surface area contributed by atoms with Gasteiger partial charge in [0.15, 0.2) is 0 Å². The van der Waals surface area contributed by atoms with Crippen molar-refractivity contribution in [1.29, 1.82) is 0 Å². The molecule has 0 heterocycles. The van der Waals surface area contributed by atoms with E-state index < -0.39 is 58.9 Å². The van der Waals surface area contributed by atoms with Crippen LogP contribution >= 0.6 is 0 Å². The van der Waals surface area contributed by atoms with E-state index in [0.717, 1.165) is 25.7 Å². The van der Waals surface area contributed by atoms with Crippen molar-refractivity contribution < 1.29 is 39.6 Å². The molecule has 170 valence electrons. The monoisotopic (exact) mass is 426 g/mol. The average Bonchev–Trinajstić information content (AvgIpc) is 2.64. The molecule has 6 unspecified atom stereocenters. The fourth-order valence-corrected chi connectivity index (χ4v) is 5.99. The van der Waals surface area contributed by atoms with Crippen molar-refractivity contribution in [2.24, 2.45) is 35.0 Å². The summed E-state index contributed by atoms with van der Waals surface area (Å²) in [6.07, 6.45) is 8.67. The minimum Gasteiger partial charge on any atom is -0.481 e. The predicted octanol–water partition coefficient (Wildman–Crippen LogP) is 3.73. The molecule has 8 heteroatoms. The van der Waals surface area contributed by atoms with E-state index in [4.69, 9.17) is 0 Å². The first-order valence-corrected chi connectivity index (χ1v) is 11.1. The third-order valence-corrected chi connectivity index (χ3v) is 7.43. The molecule has 2 rings (SSSR count). The van der Waals surface area contributed by atoms with Gasteiger partial charge in [0, 0.05) is 0 Å². The number of carbonyl (C=O) groups is 4. The first-order valence-electron chi connectivity index (χ1n) is 11.1. The van der Waals surface area contributed by atoms with Crippen LogP contribution in [-0.4, -0.2) is 44.3 Å². The molecule has 0 aromatic heterocycles. The number of rotatable bonds is 13. The maximum Gasteiger partial charge on any atom is 0.307 e. The van der Waals surface area contributed by atoms with Crippen LogP contribution in [0.25, 0.3) is 0 Å². The van der Waals surface area contributed by atoms with Gasteiger partial charge in [0.1, 0.15) is 0 Å². The number of aliphatic carboxylic acids is 4. The Morgan fingerprint density at radius 3 is 1.73 bits per heavy atom. The Morgan fingerprint density at radius 2 is 1.27 bits per heavy atom. The van der Waals surface area contributed by atoms with Gasteiger partial charge in [0.05, 0.1) is 23.7 Å². The van der Waals surface area contributed by atoms with Crippen molar-refractivity contribution in [3.63, 3.8) is 0 Å². The number of hydrogen-bond donors (Lipinski definition) is 4. The Morgan fingerprint density at radius 1 is 0.733 bits per heavy atom. The molecular formula is C22H34O8. The van der Waals surface area contributed by atoms with E-state index in [-0.39, 0.29) is 12.8 Å². The summed E-state index contributed by atoms with van der Waals surface area (Å²) < 4.78 is 0. The molecule has 0 saturated heterocycles. The summed E-state index contributed by atoms with van der Waals surface area (Å²) in [5.41, 5.74) is -0.952. The molecule has 6 atom stereocenters. The van der Waals surface area contributed by atoms with E-state index >= 15 is 0 Å². The summed E-state index contributed by atoms with van der Waals surface area (Å²) >= 11 is 0. The van der Waals surface area contributed by atoms with Gasteiger partial charge in [-0.05, 0) is 30.6 Å². The molecule has 8 nitrogen and oxygen atoms in total. The quantitative estimate of drug-likeness (QED) is 0.325. The minimum absolute atomic E-state index is 0.0821. The molecule has 0 aromatic rings. The highest BCUT2D eigenvalue weighted by Crippen LogP contribution is 2.67. The van der Waals surface area contributed by atoms with Crippen molar-refractivity contribution in [2.75, 3.05) is 0 Å². The number of hydrogen-bond acceptors (Lipinski definition) is 4. The smallest absolute Gasteiger partial charge is 0.307 e. The maximum atomic E-state index is 12.0. The van der Waals surface area contributed by atoms with Crippen LogP contribution in [0.4, 0.5) is 0 Å². The Kier molecular flexibility index (Phi) is 8.26. The van der Waals surface area contributed by atoms with Crippen molar-refractivity contribution in [2.45, 2.75) is 77.6 Å². The second kappa shape index (κ2) is 10.3. The molecule has 0 amide bonds. The highest BCUT2D eigenvalue weighted by atomic mass is 16.4. The number of carboxylic acids is 4. The van der Waals surface area contributed by atoms with Gasteiger partial charge in [-0.2, -0.15) is 0 Å². The van der Waals surface area contributed by atoms with Gasteiger partial charge in [-0.1, -0.05) is 58.3 Å². The summed E-state index contributed by atoms with van der Waals surface area (Å²) in [6, 6.07) is 0. The summed E-state index contributed by atoms with van der Waals surface area (Å²) in [6.45, 7) is 2.15. The van der Waals surface area contributed by atoms with E-state index in [2.05, 4.69) is 6.92 Å². The predicted molar refractivity (Wildman–Crippen MR) is 107 cm³/mol. The maximum absolute atomic E-state index is 12.0. The normalized spacial score (nSPS) is 32.6. The van der Waals surface area contributed by atoms with Crippen molar-refractivity contribution >= 4 is 23.9 Å². The lowest BCUT2D eigenvalue weighted by Crippen LogP contribution is -2.66. The van der Waals surface area contributed by atoms with Crippen LogP contribution in [0.2, 0.25) is 0 Å². The van der Waals surface area contributed by atoms with E-state index in [1.165, 1.54) is 19.3 Å². The lowest BCUT2D eigenvalue weighted by Gasteiger charge is -2.62. The summed E-state index contributed by atoms with van der Waals surface area (Å²) in [5.74, 6) is -10.3. The molecule has 2 aliphatic rings. The molecular weight excluding hydrogens is 392 g/mol. The zero-order valence-corrected chi connectivity index (χ0v) is 17.6. The minimum atomic E-state index is -1.26. The van der Waals surface area contributed by atoms with E-state index in [1.807, 2.05) is 0 Å². The Hall–Kier alpha value is -2.12. The van der Waals surface area contributed by atoms with Gasteiger partial charge >= 0.3 is 23.9 Å². The highest BCUT2D eigenvalue weighted by Gasteiger charge is 2.70. The van der Waals surface area contributed by atoms with Gasteiger partial charge < -0.3 is 20.4 Å². The highest BCUT2D eigenvalue weighted by molar-refractivity contribution is 5.86. The van der Waals surface area contributed by atoms with Gasteiger partial charge in [0.2, 0.25) is 0 Å². The zero-order chi connectivity index (χ0) is 22.5. The number of fused-ring (bicyclic) bond motifs is 1. The molecule has 2 aliphatic carbocycles. The Labute approximate surface area is 176 Å². The lowest BCUT2D eigenvalue weighted by atomic mass is 9.38. The summed E-state index contributed by atoms with van der Waals surface area (Å²) in [4.78, 5) is 47.1. The fraction of sp³-hybridized carbons (Fsp3) is 0.818. The standard InChI is InChI=1S/C22H34O8/c1-2-3-4-5-6-7-8-9-10-22-12-14(19(25)26)13(18(23)24)11-15(22)16(20(27)28)17(22)21(29)30/h13-17H,2-12H2,1H3,(H,23,24)(H,25,26)(H,27,28)(H,29,30). The van der Waals surface area contributed by atoms with Crippen LogP contribution in [0.3, 0.4) is 0 Å². The van der Waals surface area contributed by atoms with Crippen LogP contribution in [-0.2, 0) is 19.2 Å². The molecule has 30 heavy (non-hydrogen) atoms. The SMILES string of the molecule is CCCCCCCCCCC12CC(C(=O)O)C(C(=O)O)CC1C(C(=O)O)C2C(=O)O. The summed E-state index contributed by atoms with van der Waals surface area (Å²) in [7, 11) is 0.